The molecule has 1 N–H and O–H groups in total. The van der Waals surface area contributed by atoms with Gasteiger partial charge >= 0.3 is 0 Å². The molecule has 1 saturated carbocycles. The predicted octanol–water partition coefficient (Wildman–Crippen LogP) is 3.22. The second-order valence-corrected chi connectivity index (χ2v) is 8.10. The number of likely N-dealkylation sites (N-methyl/N-ethyl adjacent to an activating group) is 1. The third kappa shape index (κ3) is 4.00. The lowest BCUT2D eigenvalue weighted by Crippen LogP contribution is -2.48. The van der Waals surface area contributed by atoms with E-state index >= 15 is 0 Å². The molecule has 1 aliphatic carbocycles. The smallest absolute Gasteiger partial charge is 0.256 e. The molecule has 1 heterocycles. The van der Waals surface area contributed by atoms with Gasteiger partial charge in [-0.25, -0.2) is 0 Å². The molecule has 7 heteroatoms. The molecule has 0 spiro atoms. The van der Waals surface area contributed by atoms with Crippen LogP contribution in [0.25, 0.3) is 0 Å². The zero-order chi connectivity index (χ0) is 18.8. The largest absolute Gasteiger partial charge is 0.393 e. The number of benzene rings is 1. The average molecular weight is 399 g/mol. The van der Waals surface area contributed by atoms with E-state index in [0.29, 0.717) is 35.1 Å². The van der Waals surface area contributed by atoms with Gasteiger partial charge in [0.05, 0.1) is 16.7 Å². The van der Waals surface area contributed by atoms with Crippen molar-refractivity contribution in [2.45, 2.75) is 44.2 Å². The number of hydrogen-bond acceptors (Lipinski definition) is 3. The van der Waals surface area contributed by atoms with Crippen LogP contribution in [0.2, 0.25) is 10.0 Å². The Labute approximate surface area is 163 Å². The fraction of sp³-hybridized carbons (Fsp3) is 0.579. The van der Waals surface area contributed by atoms with Crippen LogP contribution in [-0.4, -0.2) is 59.0 Å². The van der Waals surface area contributed by atoms with Crippen molar-refractivity contribution in [3.05, 3.63) is 33.8 Å². The van der Waals surface area contributed by atoms with Crippen molar-refractivity contribution in [2.24, 2.45) is 5.92 Å². The molecule has 0 radical (unpaired) electrons. The Morgan fingerprint density at radius 3 is 2.69 bits per heavy atom. The summed E-state index contributed by atoms with van der Waals surface area (Å²) in [6.07, 6.45) is 3.81. The number of rotatable bonds is 4. The summed E-state index contributed by atoms with van der Waals surface area (Å²) in [5, 5.41) is 10.8. The minimum atomic E-state index is -0.485. The fourth-order valence-electron chi connectivity index (χ4n) is 4.01. The molecule has 3 atom stereocenters. The van der Waals surface area contributed by atoms with Gasteiger partial charge in [0.25, 0.3) is 5.91 Å². The van der Waals surface area contributed by atoms with Crippen LogP contribution in [0.4, 0.5) is 0 Å². The Kier molecular flexibility index (Phi) is 6.10. The highest BCUT2D eigenvalue weighted by Crippen LogP contribution is 2.29. The summed E-state index contributed by atoms with van der Waals surface area (Å²) in [6.45, 7) is 1.05. The van der Waals surface area contributed by atoms with Gasteiger partial charge in [-0.05, 0) is 43.9 Å². The molecule has 3 rings (SSSR count). The Hall–Kier alpha value is -1.30. The first-order valence-corrected chi connectivity index (χ1v) is 9.83. The maximum Gasteiger partial charge on any atom is 0.256 e. The Balaban J connectivity index is 1.71. The second kappa shape index (κ2) is 8.15. The number of amides is 2. The first-order chi connectivity index (χ1) is 12.4. The maximum atomic E-state index is 12.9. The van der Waals surface area contributed by atoms with E-state index in [4.69, 9.17) is 23.2 Å². The summed E-state index contributed by atoms with van der Waals surface area (Å²) in [5.41, 5.74) is 0.327. The molecule has 1 aromatic carbocycles. The van der Waals surface area contributed by atoms with Crippen LogP contribution in [-0.2, 0) is 4.79 Å². The van der Waals surface area contributed by atoms with E-state index in [-0.39, 0.29) is 23.8 Å². The number of hydrogen-bond donors (Lipinski definition) is 1. The monoisotopic (exact) mass is 398 g/mol. The minimum Gasteiger partial charge on any atom is -0.393 e. The summed E-state index contributed by atoms with van der Waals surface area (Å²) in [4.78, 5) is 29.1. The molecule has 2 amide bonds. The van der Waals surface area contributed by atoms with E-state index < -0.39 is 6.04 Å². The van der Waals surface area contributed by atoms with E-state index in [1.54, 1.807) is 35.0 Å². The van der Waals surface area contributed by atoms with Crippen molar-refractivity contribution in [3.8, 4) is 0 Å². The van der Waals surface area contributed by atoms with Crippen molar-refractivity contribution in [3.63, 3.8) is 0 Å². The van der Waals surface area contributed by atoms with Crippen LogP contribution in [0.1, 0.15) is 42.5 Å². The van der Waals surface area contributed by atoms with Crippen molar-refractivity contribution < 1.29 is 14.7 Å². The molecular formula is C19H24Cl2N2O3. The van der Waals surface area contributed by atoms with E-state index in [0.717, 1.165) is 25.7 Å². The van der Waals surface area contributed by atoms with E-state index in [2.05, 4.69) is 0 Å². The summed E-state index contributed by atoms with van der Waals surface area (Å²) in [5.74, 6) is -0.215. The summed E-state index contributed by atoms with van der Waals surface area (Å²) in [6, 6.07) is 4.29. The van der Waals surface area contributed by atoms with E-state index in [1.807, 2.05) is 0 Å². The maximum absolute atomic E-state index is 12.9. The fourth-order valence-corrected chi connectivity index (χ4v) is 4.38. The molecule has 5 nitrogen and oxygen atoms in total. The average Bonchev–Trinajstić information content (AvgIpc) is 3.25. The topological polar surface area (TPSA) is 60.9 Å². The van der Waals surface area contributed by atoms with Gasteiger partial charge in [-0.15, -0.1) is 0 Å². The molecular weight excluding hydrogens is 375 g/mol. The SMILES string of the molecule is CN(CC1CCCC1O)C(=O)C1CCCN1C(=O)c1cc(Cl)ccc1Cl. The molecule has 2 aliphatic rings. The van der Waals surface area contributed by atoms with Crippen LogP contribution in [0, 0.1) is 5.92 Å². The molecule has 1 aromatic rings. The Bertz CT molecular complexity index is 697. The summed E-state index contributed by atoms with van der Waals surface area (Å²) in [7, 11) is 1.75. The quantitative estimate of drug-likeness (QED) is 0.846. The zero-order valence-corrected chi connectivity index (χ0v) is 16.3. The van der Waals surface area contributed by atoms with Crippen LogP contribution < -0.4 is 0 Å². The van der Waals surface area contributed by atoms with Gasteiger partial charge in [-0.3, -0.25) is 9.59 Å². The zero-order valence-electron chi connectivity index (χ0n) is 14.8. The van der Waals surface area contributed by atoms with Gasteiger partial charge in [0.15, 0.2) is 0 Å². The molecule has 3 unspecified atom stereocenters. The number of aliphatic hydroxyl groups excluding tert-OH is 1. The van der Waals surface area contributed by atoms with Gasteiger partial charge in [0.1, 0.15) is 6.04 Å². The lowest BCUT2D eigenvalue weighted by atomic mass is 10.0. The first kappa shape index (κ1) is 19.5. The highest BCUT2D eigenvalue weighted by molar-refractivity contribution is 6.35. The molecule has 142 valence electrons. The minimum absolute atomic E-state index is 0.0758. The molecule has 2 fully saturated rings. The van der Waals surface area contributed by atoms with Crippen LogP contribution in [0.3, 0.4) is 0 Å². The molecule has 0 bridgehead atoms. The number of carbonyl (C=O) groups is 2. The van der Waals surface area contributed by atoms with Gasteiger partial charge in [-0.1, -0.05) is 29.6 Å². The van der Waals surface area contributed by atoms with Crippen LogP contribution in [0.5, 0.6) is 0 Å². The van der Waals surface area contributed by atoms with Crippen LogP contribution in [0.15, 0.2) is 18.2 Å². The molecule has 0 aromatic heterocycles. The number of halogens is 2. The van der Waals surface area contributed by atoms with Gasteiger partial charge in [-0.2, -0.15) is 0 Å². The van der Waals surface area contributed by atoms with E-state index in [9.17, 15) is 14.7 Å². The Morgan fingerprint density at radius 2 is 2.00 bits per heavy atom. The third-order valence-electron chi connectivity index (χ3n) is 5.46. The van der Waals surface area contributed by atoms with Gasteiger partial charge < -0.3 is 14.9 Å². The summed E-state index contributed by atoms with van der Waals surface area (Å²) < 4.78 is 0. The van der Waals surface area contributed by atoms with Crippen LogP contribution >= 0.6 is 23.2 Å². The Morgan fingerprint density at radius 1 is 1.23 bits per heavy atom. The molecule has 1 saturated heterocycles. The number of likely N-dealkylation sites (tertiary alicyclic amines) is 1. The van der Waals surface area contributed by atoms with Gasteiger partial charge in [0.2, 0.25) is 5.91 Å². The highest BCUT2D eigenvalue weighted by atomic mass is 35.5. The third-order valence-corrected chi connectivity index (χ3v) is 6.03. The lowest BCUT2D eigenvalue weighted by molar-refractivity contribution is -0.134. The highest BCUT2D eigenvalue weighted by Gasteiger charge is 2.38. The standard InChI is InChI=1S/C19H24Cl2N2O3/c1-22(11-12-4-2-6-17(12)24)19(26)16-5-3-9-23(16)18(25)14-10-13(20)7-8-15(14)21/h7-8,10,12,16-17,24H,2-6,9,11H2,1H3. The normalized spacial score (nSPS) is 25.5. The predicted molar refractivity (Wildman–Crippen MR) is 102 cm³/mol. The first-order valence-electron chi connectivity index (χ1n) is 9.07. The van der Waals surface area contributed by atoms with E-state index in [1.165, 1.54) is 0 Å². The number of nitrogens with zero attached hydrogens (tertiary/aromatic N) is 2. The molecule has 1 aliphatic heterocycles. The molecule has 26 heavy (non-hydrogen) atoms. The van der Waals surface area contributed by atoms with Crippen molar-refractivity contribution in [2.75, 3.05) is 20.1 Å². The van der Waals surface area contributed by atoms with Crippen molar-refractivity contribution >= 4 is 35.0 Å². The number of aliphatic hydroxyl groups is 1. The van der Waals surface area contributed by atoms with Gasteiger partial charge in [0, 0.05) is 31.1 Å². The summed E-state index contributed by atoms with van der Waals surface area (Å²) >= 11 is 12.2. The second-order valence-electron chi connectivity index (χ2n) is 7.26. The lowest BCUT2D eigenvalue weighted by Gasteiger charge is -2.30. The van der Waals surface area contributed by atoms with Crippen molar-refractivity contribution in [1.82, 2.24) is 9.80 Å². The van der Waals surface area contributed by atoms with Crippen molar-refractivity contribution in [1.29, 1.82) is 0 Å². The number of carbonyl (C=O) groups excluding carboxylic acids is 2.